The Labute approximate surface area is 177 Å². The smallest absolute Gasteiger partial charge is 0.254 e. The summed E-state index contributed by atoms with van der Waals surface area (Å²) in [6.07, 6.45) is 0.772. The molecule has 0 saturated heterocycles. The Morgan fingerprint density at radius 2 is 1.80 bits per heavy atom. The van der Waals surface area contributed by atoms with Crippen molar-refractivity contribution in [2.75, 3.05) is 38.0 Å². The molecule has 0 heterocycles. The Kier molecular flexibility index (Phi) is 8.35. The van der Waals surface area contributed by atoms with Gasteiger partial charge in [-0.25, -0.2) is 4.39 Å². The van der Waals surface area contributed by atoms with Crippen LogP contribution in [0.25, 0.3) is 0 Å². The van der Waals surface area contributed by atoms with E-state index in [1.807, 2.05) is 51.0 Å². The summed E-state index contributed by atoms with van der Waals surface area (Å²) in [5.41, 5.74) is 2.91. The van der Waals surface area contributed by atoms with Gasteiger partial charge in [-0.3, -0.25) is 9.59 Å². The number of methoxy groups -OCH3 is 1. The number of halogens is 1. The number of amides is 2. The van der Waals surface area contributed by atoms with Crippen molar-refractivity contribution in [1.82, 2.24) is 4.90 Å². The van der Waals surface area contributed by atoms with Crippen molar-refractivity contribution in [2.45, 2.75) is 32.9 Å². The maximum atomic E-state index is 13.3. The fraction of sp³-hybridized carbons (Fsp3) is 0.391. The van der Waals surface area contributed by atoms with Crippen LogP contribution in [0.2, 0.25) is 0 Å². The highest BCUT2D eigenvalue weighted by Crippen LogP contribution is 2.26. The van der Waals surface area contributed by atoms with Crippen LogP contribution >= 0.6 is 0 Å². The first kappa shape index (κ1) is 23.3. The fourth-order valence-electron chi connectivity index (χ4n) is 3.14. The number of rotatable bonds is 9. The third-order valence-electron chi connectivity index (χ3n) is 4.94. The van der Waals surface area contributed by atoms with E-state index in [1.54, 1.807) is 4.90 Å². The molecule has 0 radical (unpaired) electrons. The normalized spacial score (nSPS) is 11.7. The molecule has 1 N–H and O–H groups in total. The third kappa shape index (κ3) is 6.03. The average Bonchev–Trinajstić information content (AvgIpc) is 2.71. The van der Waals surface area contributed by atoms with Crippen molar-refractivity contribution in [2.24, 2.45) is 0 Å². The highest BCUT2D eigenvalue weighted by molar-refractivity contribution is 5.94. The second-order valence-corrected chi connectivity index (χ2v) is 7.42. The minimum atomic E-state index is -0.379. The minimum absolute atomic E-state index is 0.0238. The number of nitrogens with one attached hydrogen (secondary N) is 1. The van der Waals surface area contributed by atoms with Gasteiger partial charge in [0, 0.05) is 50.7 Å². The Morgan fingerprint density at radius 1 is 1.13 bits per heavy atom. The molecular formula is C23H30FN3O3. The molecule has 0 fully saturated rings. The molecule has 2 aromatic rings. The molecule has 162 valence electrons. The van der Waals surface area contributed by atoms with Crippen LogP contribution in [0.1, 0.15) is 36.2 Å². The van der Waals surface area contributed by atoms with E-state index in [9.17, 15) is 14.0 Å². The molecule has 6 nitrogen and oxygen atoms in total. The van der Waals surface area contributed by atoms with Gasteiger partial charge in [0.25, 0.3) is 5.91 Å². The highest BCUT2D eigenvalue weighted by Gasteiger charge is 2.22. The number of benzene rings is 2. The van der Waals surface area contributed by atoms with Crippen molar-refractivity contribution in [3.63, 3.8) is 0 Å². The zero-order valence-electron chi connectivity index (χ0n) is 18.2. The van der Waals surface area contributed by atoms with Gasteiger partial charge in [-0.05, 0) is 61.4 Å². The maximum absolute atomic E-state index is 13.3. The van der Waals surface area contributed by atoms with Crippen molar-refractivity contribution in [1.29, 1.82) is 0 Å². The van der Waals surface area contributed by atoms with Gasteiger partial charge >= 0.3 is 0 Å². The summed E-state index contributed by atoms with van der Waals surface area (Å²) < 4.78 is 18.2. The van der Waals surface area contributed by atoms with Gasteiger partial charge in [0.15, 0.2) is 0 Å². The lowest BCUT2D eigenvalue weighted by Gasteiger charge is -2.31. The number of hydrogen-bond donors (Lipinski definition) is 1. The summed E-state index contributed by atoms with van der Waals surface area (Å²) in [7, 11) is 5.32. The largest absolute Gasteiger partial charge is 0.377 e. The standard InChI is InChI=1S/C23H30FN3O3/c1-6-16(2)27(23(29)17-7-9-19(24)10-8-17)14-18-13-20(25-22(28)15-30-5)11-12-21(18)26(3)4/h7-13,16H,6,14-15H2,1-5H3,(H,25,28)/t16-/m0/s1. The van der Waals surface area contributed by atoms with Crippen LogP contribution in [0.3, 0.4) is 0 Å². The van der Waals surface area contributed by atoms with Gasteiger partial charge in [0.1, 0.15) is 12.4 Å². The van der Waals surface area contributed by atoms with Crippen LogP contribution in [-0.4, -0.2) is 50.6 Å². The SMILES string of the molecule is CC[C@H](C)N(Cc1cc(NC(=O)COC)ccc1N(C)C)C(=O)c1ccc(F)cc1. The first-order valence-electron chi connectivity index (χ1n) is 9.92. The number of carbonyl (C=O) groups excluding carboxylic acids is 2. The monoisotopic (exact) mass is 415 g/mol. The van der Waals surface area contributed by atoms with Gasteiger partial charge in [-0.15, -0.1) is 0 Å². The summed E-state index contributed by atoms with van der Waals surface area (Å²) in [5.74, 6) is -0.791. The summed E-state index contributed by atoms with van der Waals surface area (Å²) in [6, 6.07) is 11.2. The van der Waals surface area contributed by atoms with Crippen LogP contribution < -0.4 is 10.2 Å². The molecule has 0 aliphatic rings. The molecule has 1 atom stereocenters. The lowest BCUT2D eigenvalue weighted by atomic mass is 10.1. The second-order valence-electron chi connectivity index (χ2n) is 7.42. The van der Waals surface area contributed by atoms with E-state index in [0.717, 1.165) is 17.7 Å². The summed E-state index contributed by atoms with van der Waals surface area (Å²) in [4.78, 5) is 28.8. The van der Waals surface area contributed by atoms with Crippen LogP contribution in [-0.2, 0) is 16.1 Å². The van der Waals surface area contributed by atoms with Crippen LogP contribution in [0.15, 0.2) is 42.5 Å². The molecule has 0 aromatic heterocycles. The first-order valence-corrected chi connectivity index (χ1v) is 9.92. The molecule has 0 spiro atoms. The number of hydrogen-bond acceptors (Lipinski definition) is 4. The van der Waals surface area contributed by atoms with Gasteiger partial charge in [-0.2, -0.15) is 0 Å². The zero-order valence-corrected chi connectivity index (χ0v) is 18.2. The maximum Gasteiger partial charge on any atom is 0.254 e. The van der Waals surface area contributed by atoms with Gasteiger partial charge in [-0.1, -0.05) is 6.92 Å². The lowest BCUT2D eigenvalue weighted by Crippen LogP contribution is -2.38. The molecule has 0 aliphatic heterocycles. The molecule has 7 heteroatoms. The Balaban J connectivity index is 2.38. The van der Waals surface area contributed by atoms with Crippen LogP contribution in [0.5, 0.6) is 0 Å². The molecule has 0 saturated carbocycles. The number of ether oxygens (including phenoxy) is 1. The van der Waals surface area contributed by atoms with E-state index in [0.29, 0.717) is 17.8 Å². The third-order valence-corrected chi connectivity index (χ3v) is 4.94. The van der Waals surface area contributed by atoms with E-state index >= 15 is 0 Å². The van der Waals surface area contributed by atoms with E-state index in [2.05, 4.69) is 5.32 Å². The van der Waals surface area contributed by atoms with Crippen molar-refractivity contribution >= 4 is 23.2 Å². The van der Waals surface area contributed by atoms with Gasteiger partial charge in [0.05, 0.1) is 0 Å². The van der Waals surface area contributed by atoms with Crippen molar-refractivity contribution < 1.29 is 18.7 Å². The average molecular weight is 416 g/mol. The second kappa shape index (κ2) is 10.7. The minimum Gasteiger partial charge on any atom is -0.377 e. The van der Waals surface area contributed by atoms with Crippen LogP contribution in [0, 0.1) is 5.82 Å². The van der Waals surface area contributed by atoms with Gasteiger partial charge < -0.3 is 19.9 Å². The zero-order chi connectivity index (χ0) is 22.3. The van der Waals surface area contributed by atoms with Gasteiger partial charge in [0.2, 0.25) is 5.91 Å². The van der Waals surface area contributed by atoms with E-state index in [1.165, 1.54) is 31.4 Å². The number of anilines is 2. The lowest BCUT2D eigenvalue weighted by molar-refractivity contribution is -0.119. The fourth-order valence-corrected chi connectivity index (χ4v) is 3.14. The molecule has 2 amide bonds. The highest BCUT2D eigenvalue weighted by atomic mass is 19.1. The Morgan fingerprint density at radius 3 is 2.37 bits per heavy atom. The summed E-state index contributed by atoms with van der Waals surface area (Å²) in [5, 5.41) is 2.81. The number of carbonyl (C=O) groups is 2. The Bertz CT molecular complexity index is 868. The van der Waals surface area contributed by atoms with E-state index in [-0.39, 0.29) is 30.3 Å². The molecule has 2 aromatic carbocycles. The summed E-state index contributed by atoms with van der Waals surface area (Å²) in [6.45, 7) is 4.32. The van der Waals surface area contributed by atoms with E-state index < -0.39 is 0 Å². The quantitative estimate of drug-likeness (QED) is 0.674. The predicted octanol–water partition coefficient (Wildman–Crippen LogP) is 3.92. The molecule has 2 rings (SSSR count). The van der Waals surface area contributed by atoms with Crippen molar-refractivity contribution in [3.8, 4) is 0 Å². The summed E-state index contributed by atoms with van der Waals surface area (Å²) >= 11 is 0. The van der Waals surface area contributed by atoms with Crippen molar-refractivity contribution in [3.05, 3.63) is 59.4 Å². The van der Waals surface area contributed by atoms with Crippen LogP contribution in [0.4, 0.5) is 15.8 Å². The number of nitrogens with zero attached hydrogens (tertiary/aromatic N) is 2. The predicted molar refractivity (Wildman–Crippen MR) is 117 cm³/mol. The topological polar surface area (TPSA) is 61.9 Å². The Hall–Kier alpha value is -2.93. The molecule has 0 unspecified atom stereocenters. The molecule has 30 heavy (non-hydrogen) atoms. The molecule has 0 bridgehead atoms. The van der Waals surface area contributed by atoms with E-state index in [4.69, 9.17) is 4.74 Å². The molecule has 0 aliphatic carbocycles. The molecular weight excluding hydrogens is 385 g/mol. The first-order chi connectivity index (χ1) is 14.3.